The van der Waals surface area contributed by atoms with Crippen molar-refractivity contribution in [3.05, 3.63) is 18.2 Å². The molecule has 2 unspecified atom stereocenters. The molecule has 3 N–H and O–H groups in total. The van der Waals surface area contributed by atoms with Gasteiger partial charge < -0.3 is 0 Å². The molecule has 0 aliphatic rings. The van der Waals surface area contributed by atoms with E-state index in [0.29, 0.717) is 6.07 Å². The van der Waals surface area contributed by atoms with Crippen molar-refractivity contribution < 1.29 is 67.1 Å². The molecule has 9 nitrogen and oxygen atoms in total. The summed E-state index contributed by atoms with van der Waals surface area (Å²) < 4.78 is 60.2. The maximum absolute atomic E-state index is 11.0. The molecule has 102 valence electrons. The zero-order chi connectivity index (χ0) is 13.9. The van der Waals surface area contributed by atoms with Gasteiger partial charge in [-0.3, -0.25) is 4.55 Å². The molecule has 13 heteroatoms. The fraction of sp³-hybridized carbons (Fsp3) is 0. The summed E-state index contributed by atoms with van der Waals surface area (Å²) in [6.07, 6.45) is 0. The molecule has 0 heterocycles. The Morgan fingerprint density at radius 2 is 1.58 bits per heavy atom. The predicted molar refractivity (Wildman–Crippen MR) is 57.2 cm³/mol. The topological polar surface area (TPSA) is 147 Å². The zero-order valence-electron chi connectivity index (χ0n) is 8.83. The van der Waals surface area contributed by atoms with E-state index in [1.165, 1.54) is 0 Å². The molecule has 1 aromatic carbocycles. The largest absolute Gasteiger partial charge is 0.747 e. The first-order chi connectivity index (χ1) is 8.20. The molecule has 0 saturated heterocycles. The van der Waals surface area contributed by atoms with Crippen molar-refractivity contribution in [2.45, 2.75) is 4.90 Å². The van der Waals surface area contributed by atoms with Crippen LogP contribution in [0.15, 0.2) is 23.1 Å². The van der Waals surface area contributed by atoms with Gasteiger partial charge in [0.15, 0.2) is 5.75 Å². The minimum Gasteiger partial charge on any atom is -0.282 e. The minimum atomic E-state index is -4.76. The van der Waals surface area contributed by atoms with Crippen LogP contribution in [-0.4, -0.2) is 22.8 Å². The summed E-state index contributed by atoms with van der Waals surface area (Å²) in [5.74, 6) is -0.937. The maximum atomic E-state index is 11.0. The Morgan fingerprint density at radius 1 is 1.05 bits per heavy atom. The van der Waals surface area contributed by atoms with Crippen LogP contribution in [-0.2, 0) is 45.5 Å². The molecule has 0 aliphatic carbocycles. The van der Waals surface area contributed by atoms with Crippen molar-refractivity contribution in [1.29, 1.82) is 0 Å². The standard InChI is InChI=1S/C6H4O9P2S.Zr/c7-16(8)14-4-1-2-5(15-17(9)10)6(3-4)18(11,12)13;/h1-3H,(H-2,7,8,9,10,11,12,13);/p+2. The number of rotatable bonds is 5. The molecular formula is C6H6O9P2SZr+2. The number of hydrogen-bond donors (Lipinski definition) is 3. The molecule has 0 radical (unpaired) electrons. The molecule has 0 spiro atoms. The van der Waals surface area contributed by atoms with Gasteiger partial charge >= 0.3 is 16.5 Å². The molecule has 0 fully saturated rings. The summed E-state index contributed by atoms with van der Waals surface area (Å²) in [5.41, 5.74) is 0. The number of hydrogen-bond acceptors (Lipinski definition) is 6. The van der Waals surface area contributed by atoms with Crippen LogP contribution in [0.25, 0.3) is 0 Å². The third-order valence-electron chi connectivity index (χ3n) is 1.55. The monoisotopic (exact) mass is 406 g/mol. The second-order valence-corrected chi connectivity index (χ2v) is 5.45. The normalized spacial score (nSPS) is 12.2. The van der Waals surface area contributed by atoms with Gasteiger partial charge in [-0.15, -0.1) is 9.79 Å². The quantitative estimate of drug-likeness (QED) is 0.480. The van der Waals surface area contributed by atoms with E-state index in [1.807, 2.05) is 0 Å². The Hall–Kier alpha value is -0.267. The van der Waals surface area contributed by atoms with Crippen molar-refractivity contribution in [3.63, 3.8) is 0 Å². The van der Waals surface area contributed by atoms with Gasteiger partial charge in [0.1, 0.15) is 4.90 Å². The Balaban J connectivity index is 0.00000324. The smallest absolute Gasteiger partial charge is 0.282 e. The van der Waals surface area contributed by atoms with Crippen LogP contribution in [0.1, 0.15) is 0 Å². The van der Waals surface area contributed by atoms with Gasteiger partial charge in [-0.2, -0.15) is 8.42 Å². The zero-order valence-corrected chi connectivity index (χ0v) is 13.9. The molecular weight excluding hydrogens is 401 g/mol. The van der Waals surface area contributed by atoms with Gasteiger partial charge in [-0.25, -0.2) is 9.05 Å². The van der Waals surface area contributed by atoms with Crippen LogP contribution in [0.5, 0.6) is 11.5 Å². The van der Waals surface area contributed by atoms with Crippen molar-refractivity contribution in [2.24, 2.45) is 0 Å². The first kappa shape index (κ1) is 18.7. The fourth-order valence-corrected chi connectivity index (χ4v) is 2.31. The SMILES string of the molecule is O=[P+](O)Oc1ccc(O[P+](=O)O)c(S(=O)(=O)O)c1.[Zr]. The Bertz CT molecular complexity index is 601. The van der Waals surface area contributed by atoms with E-state index in [4.69, 9.17) is 14.3 Å². The second-order valence-electron chi connectivity index (χ2n) is 2.74. The van der Waals surface area contributed by atoms with Crippen LogP contribution in [0, 0.1) is 0 Å². The molecule has 19 heavy (non-hydrogen) atoms. The van der Waals surface area contributed by atoms with Gasteiger partial charge in [0.2, 0.25) is 5.75 Å². The van der Waals surface area contributed by atoms with Crippen molar-refractivity contribution in [3.8, 4) is 11.5 Å². The maximum Gasteiger partial charge on any atom is 0.747 e. The first-order valence-corrected chi connectivity index (χ1v) is 7.70. The summed E-state index contributed by atoms with van der Waals surface area (Å²) in [7, 11) is -10.9. The molecule has 0 aromatic heterocycles. The van der Waals surface area contributed by atoms with Gasteiger partial charge in [-0.1, -0.05) is 0 Å². The van der Waals surface area contributed by atoms with Crippen LogP contribution in [0.3, 0.4) is 0 Å². The summed E-state index contributed by atoms with van der Waals surface area (Å²) in [5, 5.41) is 0. The van der Waals surface area contributed by atoms with Crippen molar-refractivity contribution in [2.75, 3.05) is 0 Å². The van der Waals surface area contributed by atoms with E-state index in [9.17, 15) is 17.5 Å². The van der Waals surface area contributed by atoms with Crippen molar-refractivity contribution >= 4 is 26.6 Å². The average Bonchev–Trinajstić information content (AvgIpc) is 2.17. The third kappa shape index (κ3) is 6.14. The van der Waals surface area contributed by atoms with Crippen LogP contribution < -0.4 is 9.05 Å². The molecule has 0 saturated carbocycles. The summed E-state index contributed by atoms with van der Waals surface area (Å²) in [6, 6.07) is 2.58. The number of benzene rings is 1. The van der Waals surface area contributed by atoms with E-state index < -0.39 is 37.3 Å². The van der Waals surface area contributed by atoms with Gasteiger partial charge in [-0.05, 0) is 12.1 Å². The predicted octanol–water partition coefficient (Wildman–Crippen LogP) is 0.988. The molecule has 0 bridgehead atoms. The third-order valence-corrected chi connectivity index (χ3v) is 3.15. The van der Waals surface area contributed by atoms with Crippen molar-refractivity contribution in [1.82, 2.24) is 0 Å². The minimum absolute atomic E-state index is 0. The van der Waals surface area contributed by atoms with Gasteiger partial charge in [0.05, 0.1) is 0 Å². The first-order valence-electron chi connectivity index (χ1n) is 4.00. The summed E-state index contributed by atoms with van der Waals surface area (Å²) >= 11 is 0. The van der Waals surface area contributed by atoms with E-state index in [0.717, 1.165) is 12.1 Å². The Morgan fingerprint density at radius 3 is 2.00 bits per heavy atom. The van der Waals surface area contributed by atoms with E-state index >= 15 is 0 Å². The average molecular weight is 407 g/mol. The molecule has 0 amide bonds. The molecule has 0 aliphatic heterocycles. The Kier molecular flexibility index (Phi) is 7.39. The van der Waals surface area contributed by atoms with Crippen LogP contribution >= 0.6 is 16.5 Å². The van der Waals surface area contributed by atoms with Gasteiger partial charge in [0, 0.05) is 41.4 Å². The van der Waals surface area contributed by atoms with E-state index in [2.05, 4.69) is 9.05 Å². The van der Waals surface area contributed by atoms with E-state index in [1.54, 1.807) is 0 Å². The van der Waals surface area contributed by atoms with Crippen LogP contribution in [0.2, 0.25) is 0 Å². The van der Waals surface area contributed by atoms with Crippen LogP contribution in [0.4, 0.5) is 0 Å². The van der Waals surface area contributed by atoms with E-state index in [-0.39, 0.29) is 32.0 Å². The summed E-state index contributed by atoms with van der Waals surface area (Å²) in [6.45, 7) is 0. The second kappa shape index (κ2) is 7.50. The fourth-order valence-electron chi connectivity index (χ4n) is 0.996. The Labute approximate surface area is 128 Å². The van der Waals surface area contributed by atoms with Gasteiger partial charge in [0.25, 0.3) is 10.1 Å². The molecule has 1 rings (SSSR count). The molecule has 2 atom stereocenters. The summed E-state index contributed by atoms with van der Waals surface area (Å²) in [4.78, 5) is 16.1. The molecule has 1 aromatic rings.